The maximum atomic E-state index is 2.47. The lowest BCUT2D eigenvalue weighted by Crippen LogP contribution is -2.26. The highest BCUT2D eigenvalue weighted by molar-refractivity contribution is 6.10. The summed E-state index contributed by atoms with van der Waals surface area (Å²) < 4.78 is 2.39. The Balaban J connectivity index is 0.833. The number of aromatic nitrogens is 1. The number of hydrogen-bond donors (Lipinski definition) is 0. The van der Waals surface area contributed by atoms with Gasteiger partial charge in [0.1, 0.15) is 0 Å². The molecular formula is C67H44N2. The van der Waals surface area contributed by atoms with E-state index in [9.17, 15) is 0 Å². The van der Waals surface area contributed by atoms with Crippen LogP contribution in [0.4, 0.5) is 17.1 Å². The number of rotatable bonds is 7. The average Bonchev–Trinajstić information content (AvgIpc) is 4.03. The van der Waals surface area contributed by atoms with E-state index in [1.54, 1.807) is 0 Å². The molecule has 0 radical (unpaired) electrons. The maximum absolute atomic E-state index is 2.47. The Morgan fingerprint density at radius 2 is 0.710 bits per heavy atom. The second-order valence-electron chi connectivity index (χ2n) is 18.4. The molecule has 0 atom stereocenters. The van der Waals surface area contributed by atoms with Crippen molar-refractivity contribution >= 4 is 38.9 Å². The molecule has 2 aliphatic rings. The van der Waals surface area contributed by atoms with Crippen LogP contribution in [0.5, 0.6) is 0 Å². The minimum Gasteiger partial charge on any atom is -0.310 e. The van der Waals surface area contributed by atoms with Gasteiger partial charge in [0.2, 0.25) is 0 Å². The first-order chi connectivity index (χ1) is 34.2. The quantitative estimate of drug-likeness (QED) is 0.155. The molecule has 1 spiro atoms. The predicted molar refractivity (Wildman–Crippen MR) is 288 cm³/mol. The van der Waals surface area contributed by atoms with Gasteiger partial charge in [-0.25, -0.2) is 0 Å². The van der Waals surface area contributed by atoms with Crippen molar-refractivity contribution in [2.24, 2.45) is 0 Å². The van der Waals surface area contributed by atoms with Gasteiger partial charge in [0.25, 0.3) is 0 Å². The van der Waals surface area contributed by atoms with E-state index in [4.69, 9.17) is 0 Å². The molecule has 0 aliphatic heterocycles. The SMILES string of the molecule is c1ccc(-c2ccc(-n3c4ccccc4c4cc(-c5ccc(-c6cccc(N(c7ccccc7)c7ccc8c(c7)C7(c9ccccc9-c9ccccc97)c7ccccc7-8)c6)cc5)ccc43)cc2)cc1. The fourth-order valence-electron chi connectivity index (χ4n) is 11.8. The minimum absolute atomic E-state index is 0.419. The number of fused-ring (bicyclic) bond motifs is 13. The summed E-state index contributed by atoms with van der Waals surface area (Å²) in [5.41, 5.74) is 24.3. The molecule has 0 fully saturated rings. The van der Waals surface area contributed by atoms with Crippen LogP contribution in [0, 0.1) is 0 Å². The number of para-hydroxylation sites is 2. The molecule has 1 aromatic heterocycles. The molecule has 1 heterocycles. The van der Waals surface area contributed by atoms with Crippen LogP contribution >= 0.6 is 0 Å². The van der Waals surface area contributed by atoms with E-state index in [-0.39, 0.29) is 0 Å². The summed E-state index contributed by atoms with van der Waals surface area (Å²) in [6.07, 6.45) is 0. The first-order valence-corrected chi connectivity index (χ1v) is 23.9. The predicted octanol–water partition coefficient (Wildman–Crippen LogP) is 17.6. The van der Waals surface area contributed by atoms with Crippen LogP contribution < -0.4 is 4.90 Å². The highest BCUT2D eigenvalue weighted by atomic mass is 15.1. The Morgan fingerprint density at radius 1 is 0.261 bits per heavy atom. The van der Waals surface area contributed by atoms with Gasteiger partial charge < -0.3 is 9.47 Å². The van der Waals surface area contributed by atoms with E-state index < -0.39 is 5.41 Å². The second kappa shape index (κ2) is 15.6. The topological polar surface area (TPSA) is 8.17 Å². The smallest absolute Gasteiger partial charge is 0.0726 e. The van der Waals surface area contributed by atoms with Crippen molar-refractivity contribution in [3.8, 4) is 61.3 Å². The van der Waals surface area contributed by atoms with Crippen LogP contribution in [-0.4, -0.2) is 4.57 Å². The highest BCUT2D eigenvalue weighted by Gasteiger charge is 2.51. The molecular weight excluding hydrogens is 833 g/mol. The molecule has 69 heavy (non-hydrogen) atoms. The van der Waals surface area contributed by atoms with E-state index in [1.807, 2.05) is 0 Å². The highest BCUT2D eigenvalue weighted by Crippen LogP contribution is 2.63. The van der Waals surface area contributed by atoms with Crippen molar-refractivity contribution < 1.29 is 0 Å². The Kier molecular flexibility index (Phi) is 8.84. The fourth-order valence-corrected chi connectivity index (χ4v) is 11.8. The Labute approximate surface area is 402 Å². The minimum atomic E-state index is -0.419. The number of hydrogen-bond acceptors (Lipinski definition) is 1. The number of anilines is 3. The Bertz CT molecular complexity index is 3870. The molecule has 0 saturated carbocycles. The van der Waals surface area contributed by atoms with Gasteiger partial charge >= 0.3 is 0 Å². The molecule has 2 nitrogen and oxygen atoms in total. The maximum Gasteiger partial charge on any atom is 0.0726 e. The van der Waals surface area contributed by atoms with Crippen molar-refractivity contribution in [1.82, 2.24) is 4.57 Å². The van der Waals surface area contributed by atoms with Gasteiger partial charge in [-0.3, -0.25) is 0 Å². The zero-order chi connectivity index (χ0) is 45.5. The average molecular weight is 877 g/mol. The first-order valence-electron chi connectivity index (χ1n) is 23.9. The number of benzene rings is 11. The van der Waals surface area contributed by atoms with E-state index in [0.717, 1.165) is 22.7 Å². The van der Waals surface area contributed by atoms with E-state index in [0.29, 0.717) is 0 Å². The lowest BCUT2D eigenvalue weighted by atomic mass is 9.70. The summed E-state index contributed by atoms with van der Waals surface area (Å²) in [5, 5.41) is 2.49. The molecule has 12 aromatic rings. The van der Waals surface area contributed by atoms with E-state index >= 15 is 0 Å². The molecule has 0 N–H and O–H groups in total. The van der Waals surface area contributed by atoms with Crippen molar-refractivity contribution in [1.29, 1.82) is 0 Å². The largest absolute Gasteiger partial charge is 0.310 e. The van der Waals surface area contributed by atoms with Crippen molar-refractivity contribution in [3.05, 3.63) is 289 Å². The zero-order valence-electron chi connectivity index (χ0n) is 37.8. The molecule has 2 aliphatic carbocycles. The summed E-state index contributed by atoms with van der Waals surface area (Å²) in [7, 11) is 0. The van der Waals surface area contributed by atoms with Crippen LogP contribution in [0.3, 0.4) is 0 Å². The summed E-state index contributed by atoms with van der Waals surface area (Å²) >= 11 is 0. The van der Waals surface area contributed by atoms with Crippen LogP contribution in [0.2, 0.25) is 0 Å². The van der Waals surface area contributed by atoms with E-state index in [1.165, 1.54) is 99.7 Å². The fraction of sp³-hybridized carbons (Fsp3) is 0.0149. The van der Waals surface area contributed by atoms with Crippen molar-refractivity contribution in [2.45, 2.75) is 5.41 Å². The van der Waals surface area contributed by atoms with Gasteiger partial charge in [-0.2, -0.15) is 0 Å². The third-order valence-electron chi connectivity index (χ3n) is 14.8. The first kappa shape index (κ1) is 39.2. The molecule has 2 heteroatoms. The molecule has 0 saturated heterocycles. The lowest BCUT2D eigenvalue weighted by Gasteiger charge is -2.32. The lowest BCUT2D eigenvalue weighted by molar-refractivity contribution is 0.793. The number of nitrogens with zero attached hydrogens (tertiary/aromatic N) is 2. The normalized spacial score (nSPS) is 12.8. The molecule has 0 bridgehead atoms. The summed E-state index contributed by atoms with van der Waals surface area (Å²) in [6.45, 7) is 0. The van der Waals surface area contributed by atoms with Crippen LogP contribution in [0.15, 0.2) is 267 Å². The second-order valence-corrected chi connectivity index (χ2v) is 18.4. The standard InChI is InChI=1S/C67H44N2/c1-3-16-45(17-4-1)46-34-37-52(38-35-46)69-65-29-14-10-25-59(65)60-43-50(36-41-66(60)69)48-32-30-47(31-33-48)49-18-15-21-53(42-49)68(51-19-5-2-6-20-51)54-39-40-58-57-24-9-13-28-63(57)67(64(58)44-54)61-26-11-7-22-55(61)56-23-8-12-27-62(56)67/h1-44H. The van der Waals surface area contributed by atoms with Gasteiger partial charge in [-0.15, -0.1) is 0 Å². The van der Waals surface area contributed by atoms with Crippen molar-refractivity contribution in [3.63, 3.8) is 0 Å². The molecule has 0 unspecified atom stereocenters. The van der Waals surface area contributed by atoms with Crippen LogP contribution in [-0.2, 0) is 5.41 Å². The molecule has 11 aromatic carbocycles. The van der Waals surface area contributed by atoms with Crippen LogP contribution in [0.1, 0.15) is 22.3 Å². The molecule has 14 rings (SSSR count). The zero-order valence-corrected chi connectivity index (χ0v) is 37.8. The van der Waals surface area contributed by atoms with Crippen molar-refractivity contribution in [2.75, 3.05) is 4.90 Å². The van der Waals surface area contributed by atoms with Crippen LogP contribution in [0.25, 0.3) is 83.1 Å². The monoisotopic (exact) mass is 876 g/mol. The van der Waals surface area contributed by atoms with Gasteiger partial charge in [0.05, 0.1) is 16.4 Å². The molecule has 0 amide bonds. The summed E-state index contributed by atoms with van der Waals surface area (Å²) in [6, 6.07) is 98.4. The molecule has 322 valence electrons. The van der Waals surface area contributed by atoms with Gasteiger partial charge in [0, 0.05) is 33.5 Å². The summed E-state index contributed by atoms with van der Waals surface area (Å²) in [4.78, 5) is 2.42. The van der Waals surface area contributed by atoms with Gasteiger partial charge in [0.15, 0.2) is 0 Å². The Hall–Kier alpha value is -8.98. The third-order valence-corrected chi connectivity index (χ3v) is 14.8. The third kappa shape index (κ3) is 5.99. The summed E-state index contributed by atoms with van der Waals surface area (Å²) in [5.74, 6) is 0. The van der Waals surface area contributed by atoms with Gasteiger partial charge in [-0.1, -0.05) is 200 Å². The van der Waals surface area contributed by atoms with Gasteiger partial charge in [-0.05, 0) is 145 Å². The Morgan fingerprint density at radius 3 is 1.38 bits per heavy atom. The van der Waals surface area contributed by atoms with E-state index in [2.05, 4.69) is 276 Å².